The third kappa shape index (κ3) is 3.48. The Morgan fingerprint density at radius 1 is 1.26 bits per heavy atom. The van der Waals surface area contributed by atoms with Gasteiger partial charge in [-0.3, -0.25) is 4.99 Å². The number of aliphatic imine (C=N–C) groups is 2. The van der Waals surface area contributed by atoms with Gasteiger partial charge in [-0.1, -0.05) is 23.7 Å². The lowest BCUT2D eigenvalue weighted by Gasteiger charge is -2.04. The maximum atomic E-state index is 5.97. The van der Waals surface area contributed by atoms with Crippen LogP contribution in [0, 0.1) is 0 Å². The number of benzene rings is 1. The summed E-state index contributed by atoms with van der Waals surface area (Å²) in [5, 5.41) is 0.767. The Bertz CT molecular complexity index is 570. The van der Waals surface area contributed by atoms with E-state index in [-0.39, 0.29) is 11.9 Å². The van der Waals surface area contributed by atoms with Crippen LogP contribution in [-0.2, 0) is 6.42 Å². The van der Waals surface area contributed by atoms with Gasteiger partial charge in [0.05, 0.1) is 0 Å². The molecule has 0 aromatic heterocycles. The number of hydrogen-bond acceptors (Lipinski definition) is 1. The SMILES string of the molecule is NC(N)=NC(N)=NCCC1=CCc2cc(Cl)ccc21. The van der Waals surface area contributed by atoms with E-state index in [0.717, 1.165) is 17.9 Å². The normalized spacial score (nSPS) is 13.9. The number of hydrogen-bond donors (Lipinski definition) is 3. The zero-order valence-electron chi connectivity index (χ0n) is 10.4. The van der Waals surface area contributed by atoms with Crippen LogP contribution >= 0.6 is 11.6 Å². The number of halogens is 1. The van der Waals surface area contributed by atoms with Crippen LogP contribution in [0.3, 0.4) is 0 Å². The molecule has 0 aliphatic heterocycles. The van der Waals surface area contributed by atoms with Gasteiger partial charge in [-0.05, 0) is 41.7 Å². The molecule has 1 aliphatic carbocycles. The molecule has 6 N–H and O–H groups in total. The van der Waals surface area contributed by atoms with E-state index in [1.165, 1.54) is 16.7 Å². The Balaban J connectivity index is 1.99. The molecule has 0 spiro atoms. The van der Waals surface area contributed by atoms with Gasteiger partial charge < -0.3 is 17.2 Å². The van der Waals surface area contributed by atoms with Crippen molar-refractivity contribution >= 4 is 29.1 Å². The summed E-state index contributed by atoms with van der Waals surface area (Å²) >= 11 is 5.97. The molecule has 0 unspecified atom stereocenters. The van der Waals surface area contributed by atoms with Crippen LogP contribution in [0.2, 0.25) is 5.02 Å². The maximum absolute atomic E-state index is 5.97. The van der Waals surface area contributed by atoms with Crippen molar-refractivity contribution in [2.45, 2.75) is 12.8 Å². The van der Waals surface area contributed by atoms with Crippen molar-refractivity contribution in [2.24, 2.45) is 27.2 Å². The van der Waals surface area contributed by atoms with Crippen molar-refractivity contribution in [2.75, 3.05) is 6.54 Å². The lowest BCUT2D eigenvalue weighted by molar-refractivity contribution is 1.01. The minimum Gasteiger partial charge on any atom is -0.370 e. The second-order valence-electron chi connectivity index (χ2n) is 4.26. The summed E-state index contributed by atoms with van der Waals surface area (Å²) in [4.78, 5) is 7.76. The molecule has 6 heteroatoms. The Hall–Kier alpha value is -2.01. The lowest BCUT2D eigenvalue weighted by Crippen LogP contribution is -2.26. The minimum atomic E-state index is -0.0821. The third-order valence-corrected chi connectivity index (χ3v) is 3.12. The van der Waals surface area contributed by atoms with Gasteiger partial charge in [-0.15, -0.1) is 0 Å². The Kier molecular flexibility index (Phi) is 4.06. The van der Waals surface area contributed by atoms with E-state index < -0.39 is 0 Å². The topological polar surface area (TPSA) is 103 Å². The van der Waals surface area contributed by atoms with Crippen molar-refractivity contribution in [3.8, 4) is 0 Å². The summed E-state index contributed by atoms with van der Waals surface area (Å²) in [5.41, 5.74) is 19.7. The largest absolute Gasteiger partial charge is 0.370 e. The van der Waals surface area contributed by atoms with Crippen LogP contribution < -0.4 is 17.2 Å². The smallest absolute Gasteiger partial charge is 0.218 e. The molecule has 100 valence electrons. The van der Waals surface area contributed by atoms with Gasteiger partial charge in [0.15, 0.2) is 5.96 Å². The zero-order chi connectivity index (χ0) is 13.8. The van der Waals surface area contributed by atoms with Crippen molar-refractivity contribution in [1.29, 1.82) is 0 Å². The summed E-state index contributed by atoms with van der Waals surface area (Å²) < 4.78 is 0. The van der Waals surface area contributed by atoms with Crippen LogP contribution in [0.15, 0.2) is 34.3 Å². The highest BCUT2D eigenvalue weighted by atomic mass is 35.5. The molecule has 0 atom stereocenters. The van der Waals surface area contributed by atoms with Crippen LogP contribution in [0.25, 0.3) is 5.57 Å². The number of rotatable bonds is 3. The summed E-state index contributed by atoms with van der Waals surface area (Å²) in [6.07, 6.45) is 3.90. The van der Waals surface area contributed by atoms with Crippen molar-refractivity contribution in [3.05, 3.63) is 40.4 Å². The molecule has 19 heavy (non-hydrogen) atoms. The molecule has 1 aromatic rings. The molecular weight excluding hydrogens is 262 g/mol. The van der Waals surface area contributed by atoms with Crippen LogP contribution in [0.1, 0.15) is 17.5 Å². The number of guanidine groups is 2. The molecule has 2 rings (SSSR count). The van der Waals surface area contributed by atoms with Crippen molar-refractivity contribution < 1.29 is 0 Å². The summed E-state index contributed by atoms with van der Waals surface area (Å²) in [6, 6.07) is 5.94. The van der Waals surface area contributed by atoms with Crippen LogP contribution in [0.5, 0.6) is 0 Å². The van der Waals surface area contributed by atoms with E-state index >= 15 is 0 Å². The van der Waals surface area contributed by atoms with Gasteiger partial charge in [0.2, 0.25) is 5.96 Å². The van der Waals surface area contributed by atoms with Gasteiger partial charge in [0.25, 0.3) is 0 Å². The molecule has 0 saturated carbocycles. The first-order valence-corrected chi connectivity index (χ1v) is 6.31. The quantitative estimate of drug-likeness (QED) is 0.572. The van der Waals surface area contributed by atoms with E-state index in [1.807, 2.05) is 18.2 Å². The highest BCUT2D eigenvalue weighted by molar-refractivity contribution is 6.30. The van der Waals surface area contributed by atoms with Crippen LogP contribution in [0.4, 0.5) is 0 Å². The zero-order valence-corrected chi connectivity index (χ0v) is 11.2. The highest BCUT2D eigenvalue weighted by Gasteiger charge is 2.13. The van der Waals surface area contributed by atoms with Crippen molar-refractivity contribution in [1.82, 2.24) is 0 Å². The average molecular weight is 278 g/mol. The molecule has 5 nitrogen and oxygen atoms in total. The summed E-state index contributed by atoms with van der Waals surface area (Å²) in [7, 11) is 0. The van der Waals surface area contributed by atoms with Crippen LogP contribution in [-0.4, -0.2) is 18.5 Å². The van der Waals surface area contributed by atoms with Crippen molar-refractivity contribution in [3.63, 3.8) is 0 Å². The Morgan fingerprint density at radius 2 is 2.05 bits per heavy atom. The average Bonchev–Trinajstić information content (AvgIpc) is 2.70. The van der Waals surface area contributed by atoms with Gasteiger partial charge in [-0.25, -0.2) is 0 Å². The molecule has 1 aliphatic rings. The predicted octanol–water partition coefficient (Wildman–Crippen LogP) is 1.26. The monoisotopic (exact) mass is 277 g/mol. The fraction of sp³-hybridized carbons (Fsp3) is 0.231. The fourth-order valence-corrected chi connectivity index (χ4v) is 2.28. The number of nitrogens with two attached hydrogens (primary N) is 3. The minimum absolute atomic E-state index is 0.0821. The van der Waals surface area contributed by atoms with E-state index in [0.29, 0.717) is 6.54 Å². The first kappa shape index (κ1) is 13.4. The molecule has 1 aromatic carbocycles. The van der Waals surface area contributed by atoms with E-state index in [1.54, 1.807) is 0 Å². The lowest BCUT2D eigenvalue weighted by atomic mass is 10.0. The first-order chi connectivity index (χ1) is 9.06. The molecule has 0 amide bonds. The molecular formula is C13H16ClN5. The second kappa shape index (κ2) is 5.75. The fourth-order valence-electron chi connectivity index (χ4n) is 2.08. The summed E-state index contributed by atoms with van der Waals surface area (Å²) in [5.74, 6) is 0.0243. The van der Waals surface area contributed by atoms with Gasteiger partial charge in [-0.2, -0.15) is 4.99 Å². The van der Waals surface area contributed by atoms with Gasteiger partial charge in [0, 0.05) is 11.6 Å². The van der Waals surface area contributed by atoms with E-state index in [4.69, 9.17) is 28.8 Å². The summed E-state index contributed by atoms with van der Waals surface area (Å²) in [6.45, 7) is 0.552. The standard InChI is InChI=1S/C13H16ClN5/c14-10-3-4-11-8(1-2-9(11)7-10)5-6-18-13(17)19-12(15)16/h1,3-4,7H,2,5-6H2,(H6,15,16,17,18,19). The first-order valence-electron chi connectivity index (χ1n) is 5.93. The van der Waals surface area contributed by atoms with E-state index in [9.17, 15) is 0 Å². The Labute approximate surface area is 116 Å². The Morgan fingerprint density at radius 3 is 2.79 bits per heavy atom. The number of nitrogens with zero attached hydrogens (tertiary/aromatic N) is 2. The predicted molar refractivity (Wildman–Crippen MR) is 80.0 cm³/mol. The molecule has 0 fully saturated rings. The van der Waals surface area contributed by atoms with Gasteiger partial charge >= 0.3 is 0 Å². The molecule has 0 saturated heterocycles. The highest BCUT2D eigenvalue weighted by Crippen LogP contribution is 2.31. The molecule has 0 heterocycles. The van der Waals surface area contributed by atoms with E-state index in [2.05, 4.69) is 16.1 Å². The molecule has 0 radical (unpaired) electrons. The molecule has 0 bridgehead atoms. The number of fused-ring (bicyclic) bond motifs is 1. The number of allylic oxidation sites excluding steroid dienone is 1. The third-order valence-electron chi connectivity index (χ3n) is 2.88. The van der Waals surface area contributed by atoms with Gasteiger partial charge in [0.1, 0.15) is 0 Å². The second-order valence-corrected chi connectivity index (χ2v) is 4.70. The maximum Gasteiger partial charge on any atom is 0.218 e.